The number of nitrogens with zero attached hydrogens (tertiary/aromatic N) is 1. The first-order valence-electron chi connectivity index (χ1n) is 6.45. The molecule has 0 fully saturated rings. The number of methoxy groups -OCH3 is 1. The van der Waals surface area contributed by atoms with Gasteiger partial charge in [0.25, 0.3) is 5.56 Å². The van der Waals surface area contributed by atoms with Crippen molar-refractivity contribution in [3.8, 4) is 0 Å². The highest BCUT2D eigenvalue weighted by Crippen LogP contribution is 2.07. The van der Waals surface area contributed by atoms with Crippen LogP contribution in [0.25, 0.3) is 0 Å². The highest BCUT2D eigenvalue weighted by atomic mass is 16.5. The van der Waals surface area contributed by atoms with Gasteiger partial charge in [0.05, 0.1) is 17.9 Å². The third kappa shape index (κ3) is 5.99. The summed E-state index contributed by atoms with van der Waals surface area (Å²) in [6.45, 7) is 6.49. The first-order valence-corrected chi connectivity index (χ1v) is 6.45. The molecule has 0 bridgehead atoms. The molecular weight excluding hydrogens is 260 g/mol. The minimum absolute atomic E-state index is 0.0271. The molecule has 20 heavy (non-hydrogen) atoms. The van der Waals surface area contributed by atoms with Gasteiger partial charge in [-0.15, -0.1) is 0 Å². The van der Waals surface area contributed by atoms with E-state index in [-0.39, 0.29) is 23.7 Å². The van der Waals surface area contributed by atoms with Crippen molar-refractivity contribution in [3.63, 3.8) is 0 Å². The smallest absolute Gasteiger partial charge is 0.250 e. The van der Waals surface area contributed by atoms with Crippen molar-refractivity contribution in [1.82, 2.24) is 4.57 Å². The second kappa shape index (κ2) is 7.21. The van der Waals surface area contributed by atoms with Gasteiger partial charge in [-0.2, -0.15) is 0 Å². The van der Waals surface area contributed by atoms with E-state index in [1.54, 1.807) is 19.4 Å². The lowest BCUT2D eigenvalue weighted by Crippen LogP contribution is -2.28. The second-order valence-electron chi connectivity index (χ2n) is 5.39. The number of hydrogen-bond acceptors (Lipinski definition) is 4. The Morgan fingerprint density at radius 3 is 2.65 bits per heavy atom. The van der Waals surface area contributed by atoms with Crippen LogP contribution in [-0.4, -0.2) is 36.4 Å². The molecule has 1 amide bonds. The van der Waals surface area contributed by atoms with Gasteiger partial charge in [-0.05, 0) is 26.8 Å². The Labute approximate surface area is 118 Å². The highest BCUT2D eigenvalue weighted by molar-refractivity contribution is 5.91. The van der Waals surface area contributed by atoms with Gasteiger partial charge in [-0.3, -0.25) is 9.59 Å². The van der Waals surface area contributed by atoms with Crippen molar-refractivity contribution < 1.29 is 14.3 Å². The summed E-state index contributed by atoms with van der Waals surface area (Å²) in [5.41, 5.74) is 0.0587. The molecule has 6 heteroatoms. The molecule has 0 saturated carbocycles. The number of hydrogen-bond donors (Lipinski definition) is 1. The average molecular weight is 282 g/mol. The van der Waals surface area contributed by atoms with Crippen LogP contribution >= 0.6 is 0 Å². The summed E-state index contributed by atoms with van der Waals surface area (Å²) in [6.07, 6.45) is 1.59. The van der Waals surface area contributed by atoms with E-state index in [2.05, 4.69) is 5.32 Å². The van der Waals surface area contributed by atoms with Crippen molar-refractivity contribution in [2.24, 2.45) is 0 Å². The summed E-state index contributed by atoms with van der Waals surface area (Å²) >= 11 is 0. The molecule has 1 N–H and O–H groups in total. The Hall–Kier alpha value is -1.66. The van der Waals surface area contributed by atoms with E-state index in [9.17, 15) is 9.59 Å². The number of anilines is 1. The standard InChI is InChI=1S/C14H22N2O4/c1-14(2,3)20-10-12(17)15-11-5-6-13(18)16(9-11)7-8-19-4/h5-6,9H,7-8,10H2,1-4H3,(H,15,17). The molecule has 0 saturated heterocycles. The minimum Gasteiger partial charge on any atom is -0.383 e. The zero-order chi connectivity index (χ0) is 15.2. The van der Waals surface area contributed by atoms with Crippen molar-refractivity contribution >= 4 is 11.6 Å². The number of amides is 1. The van der Waals surface area contributed by atoms with Crippen LogP contribution in [0.4, 0.5) is 5.69 Å². The monoisotopic (exact) mass is 282 g/mol. The summed E-state index contributed by atoms with van der Waals surface area (Å²) in [7, 11) is 1.57. The van der Waals surface area contributed by atoms with Crippen LogP contribution in [0.2, 0.25) is 0 Å². The summed E-state index contributed by atoms with van der Waals surface area (Å²) in [5.74, 6) is -0.253. The van der Waals surface area contributed by atoms with E-state index in [0.29, 0.717) is 18.8 Å². The van der Waals surface area contributed by atoms with Crippen LogP contribution in [0.5, 0.6) is 0 Å². The van der Waals surface area contributed by atoms with Gasteiger partial charge in [0.15, 0.2) is 0 Å². The van der Waals surface area contributed by atoms with E-state index in [0.717, 1.165) is 0 Å². The minimum atomic E-state index is -0.366. The van der Waals surface area contributed by atoms with Gasteiger partial charge >= 0.3 is 0 Å². The van der Waals surface area contributed by atoms with E-state index < -0.39 is 0 Å². The predicted molar refractivity (Wildman–Crippen MR) is 76.9 cm³/mol. The summed E-state index contributed by atoms with van der Waals surface area (Å²) < 4.78 is 11.8. The highest BCUT2D eigenvalue weighted by Gasteiger charge is 2.13. The number of nitrogens with one attached hydrogen (secondary N) is 1. The van der Waals surface area contributed by atoms with E-state index in [1.165, 1.54) is 10.6 Å². The summed E-state index contributed by atoms with van der Waals surface area (Å²) in [6, 6.07) is 2.98. The molecule has 0 atom stereocenters. The van der Waals surface area contributed by atoms with E-state index in [1.807, 2.05) is 20.8 Å². The SMILES string of the molecule is COCCn1cc(NC(=O)COC(C)(C)C)ccc1=O. The molecule has 1 aromatic heterocycles. The van der Waals surface area contributed by atoms with Crippen molar-refractivity contribution in [2.75, 3.05) is 25.6 Å². The average Bonchev–Trinajstić information content (AvgIpc) is 2.36. The maximum atomic E-state index is 11.7. The lowest BCUT2D eigenvalue weighted by molar-refractivity contribution is -0.125. The Morgan fingerprint density at radius 1 is 1.35 bits per heavy atom. The summed E-state index contributed by atoms with van der Waals surface area (Å²) in [5, 5.41) is 2.69. The molecule has 1 heterocycles. The first-order chi connectivity index (χ1) is 9.31. The molecule has 112 valence electrons. The molecule has 0 radical (unpaired) electrons. The Morgan fingerprint density at radius 2 is 2.05 bits per heavy atom. The molecule has 0 aliphatic carbocycles. The zero-order valence-electron chi connectivity index (χ0n) is 12.4. The van der Waals surface area contributed by atoms with Gasteiger partial charge in [-0.25, -0.2) is 0 Å². The van der Waals surface area contributed by atoms with Crippen LogP contribution in [-0.2, 0) is 20.8 Å². The second-order valence-corrected chi connectivity index (χ2v) is 5.39. The van der Waals surface area contributed by atoms with Crippen LogP contribution in [0, 0.1) is 0 Å². The fraction of sp³-hybridized carbons (Fsp3) is 0.571. The molecule has 0 unspecified atom stereocenters. The van der Waals surface area contributed by atoms with Gasteiger partial charge in [-0.1, -0.05) is 0 Å². The lowest BCUT2D eigenvalue weighted by atomic mass is 10.2. The molecule has 1 aromatic rings. The number of rotatable bonds is 6. The number of aromatic nitrogens is 1. The van der Waals surface area contributed by atoms with Crippen LogP contribution < -0.4 is 10.9 Å². The quantitative estimate of drug-likeness (QED) is 0.852. The fourth-order valence-corrected chi connectivity index (χ4v) is 1.45. The normalized spacial score (nSPS) is 11.4. The van der Waals surface area contributed by atoms with Gasteiger partial charge in [0.2, 0.25) is 5.91 Å². The van der Waals surface area contributed by atoms with Crippen LogP contribution in [0.15, 0.2) is 23.1 Å². The van der Waals surface area contributed by atoms with Gasteiger partial charge in [0, 0.05) is 25.9 Å². The molecule has 6 nitrogen and oxygen atoms in total. The maximum Gasteiger partial charge on any atom is 0.250 e. The number of pyridine rings is 1. The van der Waals surface area contributed by atoms with Gasteiger partial charge in [0.1, 0.15) is 6.61 Å². The molecule has 1 rings (SSSR count). The summed E-state index contributed by atoms with van der Waals surface area (Å²) in [4.78, 5) is 23.3. The Kier molecular flexibility index (Phi) is 5.91. The van der Waals surface area contributed by atoms with E-state index in [4.69, 9.17) is 9.47 Å². The molecule has 0 aliphatic heterocycles. The zero-order valence-corrected chi connectivity index (χ0v) is 12.4. The van der Waals surface area contributed by atoms with Crippen LogP contribution in [0.3, 0.4) is 0 Å². The largest absolute Gasteiger partial charge is 0.383 e. The van der Waals surface area contributed by atoms with Gasteiger partial charge < -0.3 is 19.4 Å². The molecule has 0 aliphatic rings. The Balaban J connectivity index is 2.63. The van der Waals surface area contributed by atoms with Crippen molar-refractivity contribution in [2.45, 2.75) is 32.9 Å². The third-order valence-corrected chi connectivity index (χ3v) is 2.44. The predicted octanol–water partition coefficient (Wildman–Crippen LogP) is 1.25. The molecule has 0 aromatic carbocycles. The van der Waals surface area contributed by atoms with Crippen molar-refractivity contribution in [3.05, 3.63) is 28.7 Å². The number of carbonyl (C=O) groups is 1. The fourth-order valence-electron chi connectivity index (χ4n) is 1.45. The third-order valence-electron chi connectivity index (χ3n) is 2.44. The lowest BCUT2D eigenvalue weighted by Gasteiger charge is -2.19. The van der Waals surface area contributed by atoms with Crippen LogP contribution in [0.1, 0.15) is 20.8 Å². The molecular formula is C14H22N2O4. The number of ether oxygens (including phenoxy) is 2. The van der Waals surface area contributed by atoms with Crippen molar-refractivity contribution in [1.29, 1.82) is 0 Å². The maximum absolute atomic E-state index is 11.7. The Bertz CT molecular complexity index is 503. The first kappa shape index (κ1) is 16.4. The number of carbonyl (C=O) groups excluding carboxylic acids is 1. The van der Waals surface area contributed by atoms with E-state index >= 15 is 0 Å². The topological polar surface area (TPSA) is 69.6 Å². The molecule has 0 spiro atoms.